The fraction of sp³-hybridized carbons (Fsp3) is 0.571. The average Bonchev–Trinajstić information content (AvgIpc) is 2.84. The van der Waals surface area contributed by atoms with E-state index in [0.29, 0.717) is 12.5 Å². The van der Waals surface area contributed by atoms with Gasteiger partial charge in [-0.3, -0.25) is 0 Å². The van der Waals surface area contributed by atoms with Crippen molar-refractivity contribution in [1.29, 1.82) is 0 Å². The molecular weight excluding hydrogens is 240 g/mol. The molecule has 3 heterocycles. The molecule has 0 spiro atoms. The molecule has 3 rings (SSSR count). The molecule has 102 valence electrons. The maximum absolute atomic E-state index is 5.42. The van der Waals surface area contributed by atoms with Gasteiger partial charge < -0.3 is 15.0 Å². The molecule has 1 aliphatic heterocycles. The predicted molar refractivity (Wildman–Crippen MR) is 74.5 cm³/mol. The van der Waals surface area contributed by atoms with Crippen LogP contribution in [-0.4, -0.2) is 34.6 Å². The standard InChI is InChI=1S/C14H20N4O/c1-3-19-11-6-5-10-12(17-11)18-13(16-10)14(2)7-4-8-15-9-14/h5-6,15H,3-4,7-9H2,1-2H3,(H,16,17,18). The van der Waals surface area contributed by atoms with E-state index in [1.54, 1.807) is 0 Å². The van der Waals surface area contributed by atoms with Crippen LogP contribution in [0.1, 0.15) is 32.5 Å². The Morgan fingerprint density at radius 2 is 2.26 bits per heavy atom. The molecule has 0 radical (unpaired) electrons. The van der Waals surface area contributed by atoms with Gasteiger partial charge in [-0.1, -0.05) is 6.92 Å². The minimum Gasteiger partial charge on any atom is -0.478 e. The van der Waals surface area contributed by atoms with E-state index in [1.807, 2.05) is 19.1 Å². The van der Waals surface area contributed by atoms with Crippen LogP contribution in [0.3, 0.4) is 0 Å². The molecule has 19 heavy (non-hydrogen) atoms. The number of aromatic nitrogens is 3. The zero-order chi connectivity index (χ0) is 13.3. The van der Waals surface area contributed by atoms with Gasteiger partial charge in [0.15, 0.2) is 5.65 Å². The third-order valence-corrected chi connectivity index (χ3v) is 3.78. The lowest BCUT2D eigenvalue weighted by Crippen LogP contribution is -2.41. The summed E-state index contributed by atoms with van der Waals surface area (Å²) in [6, 6.07) is 3.87. The Kier molecular flexibility index (Phi) is 3.14. The van der Waals surface area contributed by atoms with Gasteiger partial charge in [0.05, 0.1) is 12.1 Å². The lowest BCUT2D eigenvalue weighted by Gasteiger charge is -2.32. The van der Waals surface area contributed by atoms with Gasteiger partial charge >= 0.3 is 0 Å². The van der Waals surface area contributed by atoms with E-state index in [2.05, 4.69) is 27.2 Å². The summed E-state index contributed by atoms with van der Waals surface area (Å²) in [6.45, 7) is 6.89. The summed E-state index contributed by atoms with van der Waals surface area (Å²) in [5, 5.41) is 3.44. The van der Waals surface area contributed by atoms with Gasteiger partial charge in [0.2, 0.25) is 5.88 Å². The first-order valence-electron chi connectivity index (χ1n) is 6.92. The zero-order valence-corrected chi connectivity index (χ0v) is 11.5. The Hall–Kier alpha value is -1.62. The summed E-state index contributed by atoms with van der Waals surface area (Å²) < 4.78 is 5.42. The van der Waals surface area contributed by atoms with Gasteiger partial charge in [-0.05, 0) is 32.4 Å². The molecule has 0 aliphatic carbocycles. The number of nitrogens with one attached hydrogen (secondary N) is 2. The van der Waals surface area contributed by atoms with E-state index in [9.17, 15) is 0 Å². The third-order valence-electron chi connectivity index (χ3n) is 3.78. The van der Waals surface area contributed by atoms with Crippen molar-refractivity contribution in [2.45, 2.75) is 32.1 Å². The maximum Gasteiger partial charge on any atom is 0.215 e. The first-order chi connectivity index (χ1) is 9.21. The predicted octanol–water partition coefficient (Wildman–Crippen LogP) is 2.00. The molecule has 2 aromatic heterocycles. The topological polar surface area (TPSA) is 62.8 Å². The quantitative estimate of drug-likeness (QED) is 0.886. The molecule has 0 aromatic carbocycles. The Labute approximate surface area is 112 Å². The number of pyridine rings is 1. The molecule has 1 saturated heterocycles. The smallest absolute Gasteiger partial charge is 0.215 e. The Morgan fingerprint density at radius 1 is 1.37 bits per heavy atom. The molecule has 5 heteroatoms. The number of nitrogens with zero attached hydrogens (tertiary/aromatic N) is 2. The summed E-state index contributed by atoms with van der Waals surface area (Å²) in [5.74, 6) is 1.66. The van der Waals surface area contributed by atoms with Crippen LogP contribution >= 0.6 is 0 Å². The second-order valence-electron chi connectivity index (χ2n) is 5.38. The summed E-state index contributed by atoms with van der Waals surface area (Å²) >= 11 is 0. The highest BCUT2D eigenvalue weighted by atomic mass is 16.5. The molecule has 5 nitrogen and oxygen atoms in total. The lowest BCUT2D eigenvalue weighted by molar-refractivity contribution is 0.325. The molecule has 1 aliphatic rings. The average molecular weight is 260 g/mol. The zero-order valence-electron chi connectivity index (χ0n) is 11.5. The molecule has 2 aromatic rings. The van der Waals surface area contributed by atoms with E-state index >= 15 is 0 Å². The van der Waals surface area contributed by atoms with Crippen molar-refractivity contribution in [2.75, 3.05) is 19.7 Å². The molecule has 0 saturated carbocycles. The summed E-state index contributed by atoms with van der Waals surface area (Å²) in [6.07, 6.45) is 2.34. The third kappa shape index (κ3) is 2.30. The Balaban J connectivity index is 1.96. The van der Waals surface area contributed by atoms with Gasteiger partial charge in [0.1, 0.15) is 5.82 Å². The number of piperidine rings is 1. The first-order valence-corrected chi connectivity index (χ1v) is 6.92. The number of H-pyrrole nitrogens is 1. The van der Waals surface area contributed by atoms with E-state index < -0.39 is 0 Å². The summed E-state index contributed by atoms with van der Waals surface area (Å²) in [4.78, 5) is 12.5. The van der Waals surface area contributed by atoms with Gasteiger partial charge in [0.25, 0.3) is 0 Å². The second-order valence-corrected chi connectivity index (χ2v) is 5.38. The van der Waals surface area contributed by atoms with Crippen LogP contribution < -0.4 is 10.1 Å². The summed E-state index contributed by atoms with van der Waals surface area (Å²) in [7, 11) is 0. The molecule has 1 atom stereocenters. The number of aromatic amines is 1. The van der Waals surface area contributed by atoms with Crippen LogP contribution in [0.15, 0.2) is 12.1 Å². The van der Waals surface area contributed by atoms with Crippen molar-refractivity contribution in [3.8, 4) is 5.88 Å². The van der Waals surface area contributed by atoms with E-state index in [-0.39, 0.29) is 5.41 Å². The minimum atomic E-state index is 0.0741. The van der Waals surface area contributed by atoms with Gasteiger partial charge in [-0.2, -0.15) is 4.98 Å². The molecule has 0 amide bonds. The number of fused-ring (bicyclic) bond motifs is 1. The Bertz CT molecular complexity index is 572. The normalized spacial score (nSPS) is 23.7. The Morgan fingerprint density at radius 3 is 3.00 bits per heavy atom. The lowest BCUT2D eigenvalue weighted by atomic mass is 9.82. The van der Waals surface area contributed by atoms with Crippen molar-refractivity contribution >= 4 is 11.2 Å². The van der Waals surface area contributed by atoms with Crippen molar-refractivity contribution in [3.63, 3.8) is 0 Å². The SMILES string of the molecule is CCOc1ccc2[nH]c(C3(C)CCCNC3)nc2n1. The fourth-order valence-electron chi connectivity index (χ4n) is 2.65. The second kappa shape index (κ2) is 4.81. The molecule has 1 fully saturated rings. The van der Waals surface area contributed by atoms with Crippen LogP contribution in [-0.2, 0) is 5.41 Å². The fourth-order valence-corrected chi connectivity index (χ4v) is 2.65. The van der Waals surface area contributed by atoms with Crippen molar-refractivity contribution < 1.29 is 4.74 Å². The molecular formula is C14H20N4O. The van der Waals surface area contributed by atoms with Crippen molar-refractivity contribution in [1.82, 2.24) is 20.3 Å². The van der Waals surface area contributed by atoms with E-state index in [0.717, 1.165) is 36.5 Å². The number of imidazole rings is 1. The highest BCUT2D eigenvalue weighted by Gasteiger charge is 2.32. The monoisotopic (exact) mass is 260 g/mol. The largest absolute Gasteiger partial charge is 0.478 e. The van der Waals surface area contributed by atoms with Crippen molar-refractivity contribution in [3.05, 3.63) is 18.0 Å². The van der Waals surface area contributed by atoms with Crippen LogP contribution in [0, 0.1) is 0 Å². The van der Waals surface area contributed by atoms with E-state index in [4.69, 9.17) is 4.74 Å². The maximum atomic E-state index is 5.42. The molecule has 0 bridgehead atoms. The summed E-state index contributed by atoms with van der Waals surface area (Å²) in [5.41, 5.74) is 1.79. The number of hydrogen-bond donors (Lipinski definition) is 2. The highest BCUT2D eigenvalue weighted by Crippen LogP contribution is 2.30. The van der Waals surface area contributed by atoms with Gasteiger partial charge in [-0.25, -0.2) is 4.98 Å². The van der Waals surface area contributed by atoms with Gasteiger partial charge in [-0.15, -0.1) is 0 Å². The van der Waals surface area contributed by atoms with Crippen LogP contribution in [0.5, 0.6) is 5.88 Å². The van der Waals surface area contributed by atoms with Crippen LogP contribution in [0.4, 0.5) is 0 Å². The number of hydrogen-bond acceptors (Lipinski definition) is 4. The highest BCUT2D eigenvalue weighted by molar-refractivity contribution is 5.71. The molecule has 2 N–H and O–H groups in total. The van der Waals surface area contributed by atoms with E-state index in [1.165, 1.54) is 6.42 Å². The van der Waals surface area contributed by atoms with Gasteiger partial charge in [0, 0.05) is 18.0 Å². The number of rotatable bonds is 3. The van der Waals surface area contributed by atoms with Crippen molar-refractivity contribution in [2.24, 2.45) is 0 Å². The van der Waals surface area contributed by atoms with Crippen LogP contribution in [0.2, 0.25) is 0 Å². The van der Waals surface area contributed by atoms with Crippen LogP contribution in [0.25, 0.3) is 11.2 Å². The number of ether oxygens (including phenoxy) is 1. The first kappa shape index (κ1) is 12.4. The minimum absolute atomic E-state index is 0.0741. The molecule has 1 unspecified atom stereocenters.